The average Bonchev–Trinajstić information content (AvgIpc) is 2.72. The minimum Gasteiger partial charge on any atom is -0.327 e. The number of rotatable bonds is 3. The number of nitrogens with zero attached hydrogens (tertiary/aromatic N) is 2. The Bertz CT molecular complexity index is 964. The van der Waals surface area contributed by atoms with Gasteiger partial charge in [-0.25, -0.2) is 4.39 Å². The number of guanidine groups is 1. The molecule has 6 heteroatoms. The van der Waals surface area contributed by atoms with Crippen LogP contribution in [0.1, 0.15) is 11.1 Å². The van der Waals surface area contributed by atoms with Crippen molar-refractivity contribution in [2.24, 2.45) is 0 Å². The van der Waals surface area contributed by atoms with Gasteiger partial charge in [0.15, 0.2) is 11.7 Å². The Morgan fingerprint density at radius 1 is 1.11 bits per heavy atom. The maximum Gasteiger partial charge on any atom is 0.195 e. The summed E-state index contributed by atoms with van der Waals surface area (Å²) < 4.78 is 20.7. The quantitative estimate of drug-likeness (QED) is 0.748. The maximum absolute atomic E-state index is 14.5. The standard InChI is InChI=1S/C21H19FN4O/c1-26-14-27-21(25-20(26)23,16-7-3-2-4-8-16)17-9-10-19(22)18(12-17)15-6-5-11-24-13-15/h2-13H,14H2,1H3,(H2,23,25). The monoisotopic (exact) mass is 362 g/mol. The average molecular weight is 362 g/mol. The Kier molecular flexibility index (Phi) is 4.33. The van der Waals surface area contributed by atoms with Gasteiger partial charge in [0, 0.05) is 41.7 Å². The number of halogens is 1. The molecule has 27 heavy (non-hydrogen) atoms. The van der Waals surface area contributed by atoms with Crippen LogP contribution in [-0.4, -0.2) is 29.6 Å². The molecular formula is C21H19FN4O. The summed E-state index contributed by atoms with van der Waals surface area (Å²) in [7, 11) is 1.77. The van der Waals surface area contributed by atoms with Crippen molar-refractivity contribution < 1.29 is 9.13 Å². The second-order valence-electron chi connectivity index (χ2n) is 6.43. The first-order chi connectivity index (χ1) is 13.1. The third-order valence-corrected chi connectivity index (χ3v) is 4.68. The number of aromatic nitrogens is 1. The van der Waals surface area contributed by atoms with Gasteiger partial charge in [-0.3, -0.25) is 10.4 Å². The van der Waals surface area contributed by atoms with Gasteiger partial charge in [0.2, 0.25) is 0 Å². The van der Waals surface area contributed by atoms with Crippen molar-refractivity contribution in [2.75, 3.05) is 13.8 Å². The predicted octanol–water partition coefficient (Wildman–Crippen LogP) is 3.53. The number of ether oxygens (including phenoxy) is 1. The molecule has 0 radical (unpaired) electrons. The van der Waals surface area contributed by atoms with Crippen LogP contribution in [0.15, 0.2) is 73.1 Å². The van der Waals surface area contributed by atoms with Crippen LogP contribution in [0.2, 0.25) is 0 Å². The Morgan fingerprint density at radius 3 is 2.63 bits per heavy atom. The van der Waals surface area contributed by atoms with Crippen LogP contribution >= 0.6 is 0 Å². The molecule has 5 nitrogen and oxygen atoms in total. The molecule has 136 valence electrons. The van der Waals surface area contributed by atoms with Crippen LogP contribution in [0.25, 0.3) is 11.1 Å². The van der Waals surface area contributed by atoms with E-state index < -0.39 is 5.72 Å². The zero-order chi connectivity index (χ0) is 18.9. The zero-order valence-corrected chi connectivity index (χ0v) is 14.8. The lowest BCUT2D eigenvalue weighted by Crippen LogP contribution is -2.59. The van der Waals surface area contributed by atoms with E-state index in [4.69, 9.17) is 10.1 Å². The molecule has 1 atom stereocenters. The topological polar surface area (TPSA) is 61.2 Å². The molecule has 1 unspecified atom stereocenters. The van der Waals surface area contributed by atoms with Gasteiger partial charge in [-0.1, -0.05) is 42.5 Å². The van der Waals surface area contributed by atoms with E-state index in [1.807, 2.05) is 36.4 Å². The molecule has 4 rings (SSSR count). The number of hydrogen-bond donors (Lipinski definition) is 2. The van der Waals surface area contributed by atoms with E-state index in [0.717, 1.165) is 5.56 Å². The van der Waals surface area contributed by atoms with Crippen molar-refractivity contribution in [3.63, 3.8) is 0 Å². The third kappa shape index (κ3) is 3.04. The summed E-state index contributed by atoms with van der Waals surface area (Å²) in [6.45, 7) is 0.236. The number of nitrogens with one attached hydrogen (secondary N) is 2. The van der Waals surface area contributed by atoms with Crippen LogP contribution in [-0.2, 0) is 10.5 Å². The molecule has 1 saturated heterocycles. The number of benzene rings is 2. The Hall–Kier alpha value is -3.25. The Balaban J connectivity index is 1.88. The van der Waals surface area contributed by atoms with E-state index in [0.29, 0.717) is 16.7 Å². The highest BCUT2D eigenvalue weighted by molar-refractivity contribution is 5.79. The van der Waals surface area contributed by atoms with Crippen LogP contribution < -0.4 is 5.32 Å². The molecular weight excluding hydrogens is 343 g/mol. The lowest BCUT2D eigenvalue weighted by Gasteiger charge is -2.43. The highest BCUT2D eigenvalue weighted by Crippen LogP contribution is 2.36. The summed E-state index contributed by atoms with van der Waals surface area (Å²) in [5.74, 6) is -0.102. The van der Waals surface area contributed by atoms with Crippen molar-refractivity contribution in [3.05, 3.63) is 90.0 Å². The summed E-state index contributed by atoms with van der Waals surface area (Å²) in [4.78, 5) is 5.75. The molecule has 0 saturated carbocycles. The lowest BCUT2D eigenvalue weighted by atomic mass is 9.91. The normalized spacial score (nSPS) is 19.6. The maximum atomic E-state index is 14.5. The molecule has 0 aliphatic carbocycles. The van der Waals surface area contributed by atoms with Crippen LogP contribution in [0.5, 0.6) is 0 Å². The fraction of sp³-hybridized carbons (Fsp3) is 0.143. The molecule has 1 aliphatic rings. The van der Waals surface area contributed by atoms with Gasteiger partial charge in [-0.05, 0) is 18.2 Å². The molecule has 2 aromatic carbocycles. The fourth-order valence-electron chi connectivity index (χ4n) is 3.19. The summed E-state index contributed by atoms with van der Waals surface area (Å²) in [6.07, 6.45) is 3.28. The van der Waals surface area contributed by atoms with E-state index in [1.165, 1.54) is 6.07 Å². The predicted molar refractivity (Wildman–Crippen MR) is 101 cm³/mol. The van der Waals surface area contributed by atoms with Gasteiger partial charge in [0.25, 0.3) is 0 Å². The van der Waals surface area contributed by atoms with E-state index in [2.05, 4.69) is 10.3 Å². The van der Waals surface area contributed by atoms with Gasteiger partial charge >= 0.3 is 0 Å². The second kappa shape index (κ2) is 6.81. The van der Waals surface area contributed by atoms with Crippen LogP contribution in [0.3, 0.4) is 0 Å². The molecule has 2 heterocycles. The largest absolute Gasteiger partial charge is 0.327 e. The van der Waals surface area contributed by atoms with E-state index >= 15 is 0 Å². The molecule has 1 aliphatic heterocycles. The summed E-state index contributed by atoms with van der Waals surface area (Å²) in [5.41, 5.74) is 1.60. The first-order valence-electron chi connectivity index (χ1n) is 8.58. The Morgan fingerprint density at radius 2 is 1.93 bits per heavy atom. The third-order valence-electron chi connectivity index (χ3n) is 4.68. The lowest BCUT2D eigenvalue weighted by molar-refractivity contribution is -0.0872. The van der Waals surface area contributed by atoms with Gasteiger partial charge in [0.1, 0.15) is 12.5 Å². The summed E-state index contributed by atoms with van der Waals surface area (Å²) in [5, 5.41) is 11.4. The van der Waals surface area contributed by atoms with Gasteiger partial charge < -0.3 is 15.0 Å². The molecule has 3 aromatic rings. The van der Waals surface area contributed by atoms with Gasteiger partial charge in [-0.15, -0.1) is 0 Å². The second-order valence-corrected chi connectivity index (χ2v) is 6.43. The minimum absolute atomic E-state index is 0.234. The molecule has 0 amide bonds. The van der Waals surface area contributed by atoms with Gasteiger partial charge in [-0.2, -0.15) is 0 Å². The van der Waals surface area contributed by atoms with Crippen molar-refractivity contribution in [3.8, 4) is 11.1 Å². The van der Waals surface area contributed by atoms with E-state index in [9.17, 15) is 4.39 Å². The van der Waals surface area contributed by atoms with E-state index in [1.54, 1.807) is 42.5 Å². The van der Waals surface area contributed by atoms with Crippen molar-refractivity contribution in [2.45, 2.75) is 5.72 Å². The molecule has 2 N–H and O–H groups in total. The highest BCUT2D eigenvalue weighted by atomic mass is 19.1. The minimum atomic E-state index is -1.07. The Labute approximate surface area is 156 Å². The first kappa shape index (κ1) is 17.2. The van der Waals surface area contributed by atoms with Crippen LogP contribution in [0.4, 0.5) is 4.39 Å². The fourth-order valence-corrected chi connectivity index (χ4v) is 3.19. The number of pyridine rings is 1. The molecule has 0 bridgehead atoms. The molecule has 0 spiro atoms. The van der Waals surface area contributed by atoms with E-state index in [-0.39, 0.29) is 18.5 Å². The summed E-state index contributed by atoms with van der Waals surface area (Å²) >= 11 is 0. The zero-order valence-electron chi connectivity index (χ0n) is 14.8. The molecule has 1 aromatic heterocycles. The van der Waals surface area contributed by atoms with Crippen molar-refractivity contribution >= 4 is 5.96 Å². The van der Waals surface area contributed by atoms with Crippen molar-refractivity contribution in [1.82, 2.24) is 15.2 Å². The summed E-state index contributed by atoms with van der Waals surface area (Å²) in [6, 6.07) is 18.1. The SMILES string of the molecule is CN1COC(c2ccccc2)(c2ccc(F)c(-c3cccnc3)c2)NC1=N. The highest BCUT2D eigenvalue weighted by Gasteiger charge is 2.41. The van der Waals surface area contributed by atoms with Crippen LogP contribution in [0, 0.1) is 11.2 Å². The van der Waals surface area contributed by atoms with Gasteiger partial charge in [0.05, 0.1) is 0 Å². The number of hydrogen-bond acceptors (Lipinski definition) is 3. The molecule has 1 fully saturated rings. The van der Waals surface area contributed by atoms with Crippen molar-refractivity contribution in [1.29, 1.82) is 5.41 Å². The first-order valence-corrected chi connectivity index (χ1v) is 8.58. The smallest absolute Gasteiger partial charge is 0.195 e.